The van der Waals surface area contributed by atoms with E-state index in [-0.39, 0.29) is 0 Å². The lowest BCUT2D eigenvalue weighted by Gasteiger charge is -2.16. The Morgan fingerprint density at radius 2 is 2.19 bits per heavy atom. The van der Waals surface area contributed by atoms with Crippen molar-refractivity contribution in [2.75, 3.05) is 23.4 Å². The van der Waals surface area contributed by atoms with E-state index >= 15 is 0 Å². The molecule has 2 heteroatoms. The minimum absolute atomic E-state index is 0.599. The second-order valence-corrected chi connectivity index (χ2v) is 6.00. The molecule has 0 radical (unpaired) electrons. The van der Waals surface area contributed by atoms with Gasteiger partial charge in [0.15, 0.2) is 0 Å². The van der Waals surface area contributed by atoms with Crippen LogP contribution in [-0.4, -0.2) is 18.1 Å². The zero-order valence-corrected chi connectivity index (χ0v) is 11.0. The van der Waals surface area contributed by atoms with Gasteiger partial charge in [-0.05, 0) is 41.4 Å². The summed E-state index contributed by atoms with van der Waals surface area (Å²) in [5.41, 5.74) is 2.77. The molecule has 88 valence electrons. The van der Waals surface area contributed by atoms with Gasteiger partial charge in [0, 0.05) is 12.2 Å². The molecule has 1 heterocycles. The first-order valence-corrected chi connectivity index (χ1v) is 7.33. The highest BCUT2D eigenvalue weighted by atomic mass is 32.2. The Bertz CT molecular complexity index is 329. The van der Waals surface area contributed by atoms with E-state index in [1.54, 1.807) is 0 Å². The van der Waals surface area contributed by atoms with Crippen molar-refractivity contribution in [3.63, 3.8) is 0 Å². The number of benzene rings is 1. The van der Waals surface area contributed by atoms with Gasteiger partial charge in [-0.3, -0.25) is 0 Å². The van der Waals surface area contributed by atoms with Crippen LogP contribution in [0.4, 0.5) is 5.69 Å². The Labute approximate surface area is 103 Å². The predicted molar refractivity (Wildman–Crippen MR) is 74.5 cm³/mol. The molecular weight excluding hydrogens is 214 g/mol. The Kier molecular flexibility index (Phi) is 4.16. The third-order valence-electron chi connectivity index (χ3n) is 3.19. The highest BCUT2D eigenvalue weighted by Crippen LogP contribution is 2.26. The summed E-state index contributed by atoms with van der Waals surface area (Å²) in [6, 6.07) is 8.69. The fourth-order valence-electron chi connectivity index (χ4n) is 2.16. The Balaban J connectivity index is 1.97. The standard InChI is InChI=1S/C14H21NS/c1-11(2)13-5-3-4-6-14(13)15-9-12-7-8-16-10-12/h3-6,11-12,15H,7-10H2,1-2H3. The summed E-state index contributed by atoms with van der Waals surface area (Å²) in [6.07, 6.45) is 1.38. The van der Waals surface area contributed by atoms with Crippen molar-refractivity contribution >= 4 is 17.4 Å². The summed E-state index contributed by atoms with van der Waals surface area (Å²) in [4.78, 5) is 0. The first-order chi connectivity index (χ1) is 7.77. The average Bonchev–Trinajstić information content (AvgIpc) is 2.79. The van der Waals surface area contributed by atoms with E-state index in [2.05, 4.69) is 55.2 Å². The monoisotopic (exact) mass is 235 g/mol. The van der Waals surface area contributed by atoms with Crippen molar-refractivity contribution < 1.29 is 0 Å². The fraction of sp³-hybridized carbons (Fsp3) is 0.571. The molecule has 1 aliphatic rings. The summed E-state index contributed by atoms with van der Waals surface area (Å²) in [6.45, 7) is 5.65. The molecule has 1 saturated heterocycles. The molecule has 0 amide bonds. The first kappa shape index (κ1) is 11.8. The molecule has 1 nitrogen and oxygen atoms in total. The average molecular weight is 235 g/mol. The van der Waals surface area contributed by atoms with E-state index in [0.29, 0.717) is 5.92 Å². The maximum atomic E-state index is 3.62. The van der Waals surface area contributed by atoms with Crippen LogP contribution in [0.1, 0.15) is 31.7 Å². The summed E-state index contributed by atoms with van der Waals surface area (Å²) < 4.78 is 0. The van der Waals surface area contributed by atoms with Crippen LogP contribution in [0.15, 0.2) is 24.3 Å². The summed E-state index contributed by atoms with van der Waals surface area (Å²) in [5.74, 6) is 4.14. The van der Waals surface area contributed by atoms with Crippen LogP contribution in [0.2, 0.25) is 0 Å². The quantitative estimate of drug-likeness (QED) is 0.847. The van der Waals surface area contributed by atoms with Gasteiger partial charge < -0.3 is 5.32 Å². The largest absolute Gasteiger partial charge is 0.385 e. The summed E-state index contributed by atoms with van der Waals surface area (Å²) >= 11 is 2.09. The minimum Gasteiger partial charge on any atom is -0.385 e. The van der Waals surface area contributed by atoms with Crippen LogP contribution in [0.25, 0.3) is 0 Å². The number of para-hydroxylation sites is 1. The number of nitrogens with one attached hydrogen (secondary N) is 1. The van der Waals surface area contributed by atoms with Crippen molar-refractivity contribution in [1.82, 2.24) is 0 Å². The zero-order valence-electron chi connectivity index (χ0n) is 10.2. The third-order valence-corrected chi connectivity index (χ3v) is 4.42. The molecule has 16 heavy (non-hydrogen) atoms. The van der Waals surface area contributed by atoms with E-state index in [9.17, 15) is 0 Å². The second-order valence-electron chi connectivity index (χ2n) is 4.85. The van der Waals surface area contributed by atoms with Gasteiger partial charge in [-0.2, -0.15) is 11.8 Å². The fourth-order valence-corrected chi connectivity index (χ4v) is 3.44. The lowest BCUT2D eigenvalue weighted by atomic mass is 10.0. The van der Waals surface area contributed by atoms with E-state index in [1.807, 2.05) is 0 Å². The van der Waals surface area contributed by atoms with Crippen LogP contribution in [0.5, 0.6) is 0 Å². The van der Waals surface area contributed by atoms with Gasteiger partial charge in [0.05, 0.1) is 0 Å². The molecule has 0 aromatic heterocycles. The molecule has 1 aliphatic heterocycles. The van der Waals surface area contributed by atoms with Gasteiger partial charge >= 0.3 is 0 Å². The van der Waals surface area contributed by atoms with Crippen molar-refractivity contribution in [3.05, 3.63) is 29.8 Å². The number of hydrogen-bond donors (Lipinski definition) is 1. The maximum absolute atomic E-state index is 3.62. The number of rotatable bonds is 4. The number of thioether (sulfide) groups is 1. The third kappa shape index (κ3) is 2.94. The Hall–Kier alpha value is -0.630. The Morgan fingerprint density at radius 1 is 1.38 bits per heavy atom. The molecule has 1 aromatic rings. The van der Waals surface area contributed by atoms with E-state index in [1.165, 1.54) is 29.2 Å². The van der Waals surface area contributed by atoms with Gasteiger partial charge in [0.1, 0.15) is 0 Å². The molecule has 1 unspecified atom stereocenters. The topological polar surface area (TPSA) is 12.0 Å². The summed E-state index contributed by atoms with van der Waals surface area (Å²) in [7, 11) is 0. The van der Waals surface area contributed by atoms with E-state index in [4.69, 9.17) is 0 Å². The van der Waals surface area contributed by atoms with Crippen LogP contribution < -0.4 is 5.32 Å². The van der Waals surface area contributed by atoms with Crippen LogP contribution >= 0.6 is 11.8 Å². The smallest absolute Gasteiger partial charge is 0.0375 e. The normalized spacial score (nSPS) is 20.3. The lowest BCUT2D eigenvalue weighted by Crippen LogP contribution is -2.14. The highest BCUT2D eigenvalue weighted by Gasteiger charge is 2.15. The molecule has 0 spiro atoms. The maximum Gasteiger partial charge on any atom is 0.0375 e. The van der Waals surface area contributed by atoms with Gasteiger partial charge in [0.25, 0.3) is 0 Å². The molecule has 0 aliphatic carbocycles. The molecule has 1 fully saturated rings. The molecule has 1 aromatic carbocycles. The van der Waals surface area contributed by atoms with E-state index in [0.717, 1.165) is 12.5 Å². The highest BCUT2D eigenvalue weighted by molar-refractivity contribution is 7.99. The van der Waals surface area contributed by atoms with Gasteiger partial charge in [-0.1, -0.05) is 32.0 Å². The van der Waals surface area contributed by atoms with Crippen LogP contribution in [0, 0.1) is 5.92 Å². The molecule has 2 rings (SSSR count). The molecule has 0 saturated carbocycles. The second kappa shape index (κ2) is 5.62. The Morgan fingerprint density at radius 3 is 2.88 bits per heavy atom. The van der Waals surface area contributed by atoms with E-state index < -0.39 is 0 Å². The minimum atomic E-state index is 0.599. The van der Waals surface area contributed by atoms with Crippen molar-refractivity contribution in [1.29, 1.82) is 0 Å². The SMILES string of the molecule is CC(C)c1ccccc1NCC1CCSC1. The molecule has 1 N–H and O–H groups in total. The molecular formula is C14H21NS. The summed E-state index contributed by atoms with van der Waals surface area (Å²) in [5, 5.41) is 3.62. The van der Waals surface area contributed by atoms with Crippen molar-refractivity contribution in [2.45, 2.75) is 26.2 Å². The van der Waals surface area contributed by atoms with Gasteiger partial charge in [-0.25, -0.2) is 0 Å². The lowest BCUT2D eigenvalue weighted by molar-refractivity contribution is 0.631. The number of anilines is 1. The number of hydrogen-bond acceptors (Lipinski definition) is 2. The molecule has 1 atom stereocenters. The predicted octanol–water partition coefficient (Wildman–Crippen LogP) is 3.98. The first-order valence-electron chi connectivity index (χ1n) is 6.18. The van der Waals surface area contributed by atoms with Crippen LogP contribution in [0.3, 0.4) is 0 Å². The van der Waals surface area contributed by atoms with Gasteiger partial charge in [0.2, 0.25) is 0 Å². The van der Waals surface area contributed by atoms with Gasteiger partial charge in [-0.15, -0.1) is 0 Å². The zero-order chi connectivity index (χ0) is 11.4. The van der Waals surface area contributed by atoms with Crippen LogP contribution in [-0.2, 0) is 0 Å². The van der Waals surface area contributed by atoms with Crippen molar-refractivity contribution in [2.24, 2.45) is 5.92 Å². The van der Waals surface area contributed by atoms with Crippen molar-refractivity contribution in [3.8, 4) is 0 Å². The molecule has 0 bridgehead atoms.